The molecule has 0 radical (unpaired) electrons. The van der Waals surface area contributed by atoms with E-state index >= 15 is 0 Å². The molecule has 8 nitrogen and oxygen atoms in total. The van der Waals surface area contributed by atoms with Crippen LogP contribution in [0.25, 0.3) is 22.1 Å². The number of piperazine rings is 1. The van der Waals surface area contributed by atoms with Crippen molar-refractivity contribution in [2.75, 3.05) is 32.4 Å². The Morgan fingerprint density at radius 2 is 2.00 bits per heavy atom. The van der Waals surface area contributed by atoms with E-state index < -0.39 is 11.0 Å². The Balaban J connectivity index is 1.48. The molecule has 1 aliphatic heterocycles. The van der Waals surface area contributed by atoms with E-state index in [-0.39, 0.29) is 11.7 Å². The van der Waals surface area contributed by atoms with Crippen LogP contribution in [0.15, 0.2) is 39.9 Å². The zero-order chi connectivity index (χ0) is 21.5. The molecule has 1 saturated carbocycles. The molecular weight excluding hydrogens is 416 g/mol. The first-order chi connectivity index (χ1) is 15.0. The lowest BCUT2D eigenvalue weighted by atomic mass is 10.1. The number of hydrogen-bond donors (Lipinski definition) is 0. The molecule has 164 valence electrons. The van der Waals surface area contributed by atoms with Crippen LogP contribution in [0.3, 0.4) is 0 Å². The topological polar surface area (TPSA) is 80.8 Å². The van der Waals surface area contributed by atoms with E-state index in [0.29, 0.717) is 23.3 Å². The van der Waals surface area contributed by atoms with Crippen molar-refractivity contribution in [2.24, 2.45) is 7.05 Å². The lowest BCUT2D eigenvalue weighted by Crippen LogP contribution is -2.46. The van der Waals surface area contributed by atoms with Crippen molar-refractivity contribution in [3.63, 3.8) is 0 Å². The summed E-state index contributed by atoms with van der Waals surface area (Å²) in [7, 11) is 0.819. The van der Waals surface area contributed by atoms with Crippen molar-refractivity contribution >= 4 is 22.0 Å². The fourth-order valence-corrected chi connectivity index (χ4v) is 4.68. The van der Waals surface area contributed by atoms with E-state index in [4.69, 9.17) is 9.15 Å². The SMILES string of the molecule is Cn1cc(-c2ccncc2OC2CC2)c2oc(CN3CCN(S(C)=O)CC3)cc2c1=O. The van der Waals surface area contributed by atoms with Crippen molar-refractivity contribution in [1.29, 1.82) is 0 Å². The number of nitrogens with zero attached hydrogens (tertiary/aromatic N) is 4. The van der Waals surface area contributed by atoms with Crippen LogP contribution in [0, 0.1) is 0 Å². The fourth-order valence-electron chi connectivity index (χ4n) is 4.00. The number of rotatable bonds is 6. The van der Waals surface area contributed by atoms with Gasteiger partial charge in [0.05, 0.1) is 35.2 Å². The minimum atomic E-state index is -0.936. The summed E-state index contributed by atoms with van der Waals surface area (Å²) in [5, 5.41) is 0.567. The molecule has 1 saturated heterocycles. The summed E-state index contributed by atoms with van der Waals surface area (Å²) in [6, 6.07) is 3.76. The first-order valence-electron chi connectivity index (χ1n) is 10.5. The third kappa shape index (κ3) is 4.17. The monoisotopic (exact) mass is 442 g/mol. The summed E-state index contributed by atoms with van der Waals surface area (Å²) in [5.41, 5.74) is 2.20. The first kappa shape index (κ1) is 20.4. The predicted octanol–water partition coefficient (Wildman–Crippen LogP) is 2.15. The van der Waals surface area contributed by atoms with Crippen LogP contribution >= 0.6 is 0 Å². The molecule has 2 fully saturated rings. The number of furan rings is 1. The van der Waals surface area contributed by atoms with E-state index in [9.17, 15) is 9.00 Å². The summed E-state index contributed by atoms with van der Waals surface area (Å²) < 4.78 is 27.5. The Morgan fingerprint density at radius 3 is 2.71 bits per heavy atom. The second-order valence-corrected chi connectivity index (χ2v) is 9.60. The fraction of sp³-hybridized carbons (Fsp3) is 0.455. The molecular formula is C22H26N4O4S. The summed E-state index contributed by atoms with van der Waals surface area (Å²) >= 11 is 0. The van der Waals surface area contributed by atoms with Crippen LogP contribution in [-0.2, 0) is 24.6 Å². The number of fused-ring (bicyclic) bond motifs is 1. The second-order valence-electron chi connectivity index (χ2n) is 8.23. The van der Waals surface area contributed by atoms with Gasteiger partial charge in [0.15, 0.2) is 0 Å². The lowest BCUT2D eigenvalue weighted by Gasteiger charge is -2.32. The molecule has 3 aromatic rings. The van der Waals surface area contributed by atoms with Crippen LogP contribution in [0.2, 0.25) is 0 Å². The number of aryl methyl sites for hydroxylation is 1. The molecule has 3 aromatic heterocycles. The van der Waals surface area contributed by atoms with Gasteiger partial charge in [-0.05, 0) is 25.0 Å². The van der Waals surface area contributed by atoms with Crippen LogP contribution < -0.4 is 10.3 Å². The minimum absolute atomic E-state index is 0.0846. The van der Waals surface area contributed by atoms with Crippen molar-refractivity contribution < 1.29 is 13.4 Å². The van der Waals surface area contributed by atoms with Gasteiger partial charge in [0.25, 0.3) is 5.56 Å². The zero-order valence-electron chi connectivity index (χ0n) is 17.7. The van der Waals surface area contributed by atoms with Gasteiger partial charge in [0.2, 0.25) is 0 Å². The summed E-state index contributed by atoms with van der Waals surface area (Å²) in [6.45, 7) is 3.75. The standard InChI is InChI=1S/C22H26N4O4S/c1-24-14-19(17-5-6-23-12-20(17)29-15-3-4-15)21-18(22(24)27)11-16(30-21)13-25-7-9-26(10-8-25)31(2)28/h5-6,11-12,14-15H,3-4,7-10,13H2,1-2H3. The van der Waals surface area contributed by atoms with Crippen molar-refractivity contribution in [1.82, 2.24) is 18.8 Å². The Bertz CT molecular complexity index is 1190. The zero-order valence-corrected chi connectivity index (χ0v) is 18.6. The summed E-state index contributed by atoms with van der Waals surface area (Å²) in [5.74, 6) is 1.47. The molecule has 1 aliphatic carbocycles. The molecule has 9 heteroatoms. The molecule has 4 heterocycles. The number of aromatic nitrogens is 2. The van der Waals surface area contributed by atoms with E-state index in [1.807, 2.05) is 22.6 Å². The highest BCUT2D eigenvalue weighted by Gasteiger charge is 2.26. The van der Waals surface area contributed by atoms with Gasteiger partial charge in [-0.3, -0.25) is 14.7 Å². The molecule has 0 N–H and O–H groups in total. The molecule has 0 spiro atoms. The van der Waals surface area contributed by atoms with E-state index in [0.717, 1.165) is 55.9 Å². The molecule has 0 bridgehead atoms. The van der Waals surface area contributed by atoms with Gasteiger partial charge < -0.3 is 13.7 Å². The van der Waals surface area contributed by atoms with E-state index in [1.54, 1.807) is 30.3 Å². The van der Waals surface area contributed by atoms with Crippen molar-refractivity contribution in [3.8, 4) is 16.9 Å². The van der Waals surface area contributed by atoms with Gasteiger partial charge in [0, 0.05) is 63.0 Å². The van der Waals surface area contributed by atoms with Crippen LogP contribution in [0.5, 0.6) is 5.75 Å². The second kappa shape index (κ2) is 8.22. The largest absolute Gasteiger partial charge is 0.488 e. The molecule has 0 amide bonds. The molecule has 31 heavy (non-hydrogen) atoms. The highest BCUT2D eigenvalue weighted by molar-refractivity contribution is 7.81. The number of ether oxygens (including phenoxy) is 1. The first-order valence-corrected chi connectivity index (χ1v) is 12.0. The van der Waals surface area contributed by atoms with Crippen LogP contribution in [-0.4, -0.2) is 61.5 Å². The van der Waals surface area contributed by atoms with Gasteiger partial charge in [0.1, 0.15) is 17.1 Å². The Kier molecular flexibility index (Phi) is 5.41. The highest BCUT2D eigenvalue weighted by atomic mass is 32.2. The van der Waals surface area contributed by atoms with Gasteiger partial charge in [-0.2, -0.15) is 0 Å². The summed E-state index contributed by atoms with van der Waals surface area (Å²) in [4.78, 5) is 19.3. The van der Waals surface area contributed by atoms with Crippen molar-refractivity contribution in [2.45, 2.75) is 25.5 Å². The predicted molar refractivity (Wildman–Crippen MR) is 119 cm³/mol. The third-order valence-corrected chi connectivity index (χ3v) is 6.96. The van der Waals surface area contributed by atoms with Crippen molar-refractivity contribution in [3.05, 3.63) is 46.8 Å². The Morgan fingerprint density at radius 1 is 1.23 bits per heavy atom. The van der Waals surface area contributed by atoms with Crippen LogP contribution in [0.4, 0.5) is 0 Å². The lowest BCUT2D eigenvalue weighted by molar-refractivity contribution is 0.176. The average molecular weight is 443 g/mol. The number of pyridine rings is 2. The molecule has 1 atom stereocenters. The molecule has 5 rings (SSSR count). The minimum Gasteiger partial charge on any atom is -0.488 e. The maximum absolute atomic E-state index is 12.8. The molecule has 0 aromatic carbocycles. The number of hydrogen-bond acceptors (Lipinski definition) is 6. The molecule has 2 aliphatic rings. The maximum atomic E-state index is 12.8. The van der Waals surface area contributed by atoms with Gasteiger partial charge in [-0.25, -0.2) is 8.51 Å². The van der Waals surface area contributed by atoms with E-state index in [2.05, 4.69) is 9.88 Å². The summed E-state index contributed by atoms with van der Waals surface area (Å²) in [6.07, 6.45) is 9.34. The quantitative estimate of drug-likeness (QED) is 0.582. The van der Waals surface area contributed by atoms with Crippen LogP contribution in [0.1, 0.15) is 18.6 Å². The Labute approximate surface area is 183 Å². The van der Waals surface area contributed by atoms with Gasteiger partial charge in [-0.15, -0.1) is 0 Å². The Hall–Kier alpha value is -2.49. The van der Waals surface area contributed by atoms with Gasteiger partial charge >= 0.3 is 0 Å². The average Bonchev–Trinajstić information content (AvgIpc) is 3.48. The van der Waals surface area contributed by atoms with Gasteiger partial charge in [-0.1, -0.05) is 0 Å². The smallest absolute Gasteiger partial charge is 0.261 e. The highest BCUT2D eigenvalue weighted by Crippen LogP contribution is 2.37. The normalized spacial score (nSPS) is 19.0. The maximum Gasteiger partial charge on any atom is 0.261 e. The van der Waals surface area contributed by atoms with E-state index in [1.165, 1.54) is 0 Å². The molecule has 1 unspecified atom stereocenters. The third-order valence-electron chi connectivity index (χ3n) is 5.87.